The Bertz CT molecular complexity index is 1270. The third-order valence-electron chi connectivity index (χ3n) is 6.58. The number of anilines is 2. The number of nitrogen functional groups attached to an aromatic ring is 1. The van der Waals surface area contributed by atoms with E-state index in [2.05, 4.69) is 15.6 Å². The molecule has 4 rings (SSSR count). The first kappa shape index (κ1) is 25.3. The quantitative estimate of drug-likeness (QED) is 0.437. The molecule has 0 unspecified atom stereocenters. The topological polar surface area (TPSA) is 142 Å². The van der Waals surface area contributed by atoms with Crippen molar-refractivity contribution in [3.05, 3.63) is 47.2 Å². The van der Waals surface area contributed by atoms with Crippen molar-refractivity contribution in [2.45, 2.75) is 63.6 Å². The minimum absolute atomic E-state index is 0.0691. The van der Waals surface area contributed by atoms with Crippen LogP contribution in [-0.4, -0.2) is 32.9 Å². The van der Waals surface area contributed by atoms with Crippen LogP contribution in [-0.2, 0) is 16.6 Å². The van der Waals surface area contributed by atoms with Crippen LogP contribution in [0.4, 0.5) is 24.9 Å². The first-order valence-electron chi connectivity index (χ1n) is 11.5. The summed E-state index contributed by atoms with van der Waals surface area (Å²) in [6.45, 7) is 1.96. The van der Waals surface area contributed by atoms with Crippen LogP contribution in [0.3, 0.4) is 0 Å². The first-order chi connectivity index (χ1) is 16.9. The molecule has 1 aliphatic carbocycles. The van der Waals surface area contributed by atoms with Crippen LogP contribution in [0.5, 0.6) is 0 Å². The number of carbonyl (C=O) groups excluding carboxylic acids is 2. The molecular formula is C24H27F3N6O3. The summed E-state index contributed by atoms with van der Waals surface area (Å²) in [5.41, 5.74) is 11.0. The van der Waals surface area contributed by atoms with Crippen molar-refractivity contribution in [3.63, 3.8) is 0 Å². The second kappa shape index (κ2) is 9.32. The van der Waals surface area contributed by atoms with Gasteiger partial charge in [0.15, 0.2) is 0 Å². The summed E-state index contributed by atoms with van der Waals surface area (Å²) in [7, 11) is 0. The molecule has 2 aromatic heterocycles. The maximum absolute atomic E-state index is 13.2. The highest BCUT2D eigenvalue weighted by atomic mass is 19.4. The van der Waals surface area contributed by atoms with Crippen molar-refractivity contribution in [3.8, 4) is 11.3 Å². The lowest BCUT2D eigenvalue weighted by Crippen LogP contribution is -2.36. The predicted octanol–water partition coefficient (Wildman–Crippen LogP) is 4.36. The van der Waals surface area contributed by atoms with E-state index in [1.54, 1.807) is 28.9 Å². The van der Waals surface area contributed by atoms with Gasteiger partial charge in [0.25, 0.3) is 5.91 Å². The predicted molar refractivity (Wildman–Crippen MR) is 126 cm³/mol. The standard InChI is InChI=1S/C24H27F3N6O3/c1-23(2,24(25,26)27)16-12-18(36-32-16)30-17(34)11-13-7-9-14(10-8-13)20-19(22(29)35)21(28)33(31-20)15-5-3-4-6-15/h7-10,12,15H,3-6,11,28H2,1-2H3,(H2,29,35)(H,30,34). The average molecular weight is 505 g/mol. The van der Waals surface area contributed by atoms with Crippen LogP contribution in [0.25, 0.3) is 11.3 Å². The maximum atomic E-state index is 13.2. The smallest absolute Gasteiger partial charge is 0.383 e. The van der Waals surface area contributed by atoms with Gasteiger partial charge in [0.1, 0.15) is 28.2 Å². The largest absolute Gasteiger partial charge is 0.399 e. The molecule has 0 spiro atoms. The molecule has 3 aromatic rings. The SMILES string of the molecule is CC(C)(c1cc(NC(=O)Cc2ccc(-c3nn(C4CCCC4)c(N)c3C(N)=O)cc2)on1)C(F)(F)F. The molecular weight excluding hydrogens is 477 g/mol. The van der Waals surface area contributed by atoms with Gasteiger partial charge in [0, 0.05) is 11.6 Å². The van der Waals surface area contributed by atoms with Crippen molar-refractivity contribution in [2.24, 2.45) is 5.73 Å². The highest BCUT2D eigenvalue weighted by Crippen LogP contribution is 2.40. The Morgan fingerprint density at radius 3 is 2.39 bits per heavy atom. The van der Waals surface area contributed by atoms with E-state index in [0.717, 1.165) is 45.6 Å². The summed E-state index contributed by atoms with van der Waals surface area (Å²) < 4.78 is 46.1. The third-order valence-corrected chi connectivity index (χ3v) is 6.58. The number of halogens is 3. The highest BCUT2D eigenvalue weighted by Gasteiger charge is 2.50. The van der Waals surface area contributed by atoms with Gasteiger partial charge in [-0.3, -0.25) is 14.9 Å². The second-order valence-corrected chi connectivity index (χ2v) is 9.48. The maximum Gasteiger partial charge on any atom is 0.399 e. The van der Waals surface area contributed by atoms with Gasteiger partial charge in [0.05, 0.1) is 12.5 Å². The molecule has 192 valence electrons. The van der Waals surface area contributed by atoms with Crippen LogP contribution in [0.1, 0.15) is 67.2 Å². The lowest BCUT2D eigenvalue weighted by Gasteiger charge is -2.24. The Balaban J connectivity index is 1.47. The van der Waals surface area contributed by atoms with Crippen LogP contribution >= 0.6 is 0 Å². The van der Waals surface area contributed by atoms with Gasteiger partial charge in [-0.1, -0.05) is 42.3 Å². The summed E-state index contributed by atoms with van der Waals surface area (Å²) in [5.74, 6) is -1.10. The number of nitrogens with zero attached hydrogens (tertiary/aromatic N) is 3. The van der Waals surface area contributed by atoms with E-state index in [9.17, 15) is 22.8 Å². The number of rotatable bonds is 7. The molecule has 5 N–H and O–H groups in total. The molecule has 1 fully saturated rings. The monoisotopic (exact) mass is 504 g/mol. The third kappa shape index (κ3) is 4.79. The van der Waals surface area contributed by atoms with Gasteiger partial charge in [-0.05, 0) is 32.3 Å². The summed E-state index contributed by atoms with van der Waals surface area (Å²) in [6.07, 6.45) is -0.607. The van der Waals surface area contributed by atoms with E-state index in [4.69, 9.17) is 16.0 Å². The van der Waals surface area contributed by atoms with Gasteiger partial charge < -0.3 is 16.0 Å². The number of hydrogen-bond donors (Lipinski definition) is 3. The van der Waals surface area contributed by atoms with E-state index in [1.807, 2.05) is 0 Å². The molecule has 0 radical (unpaired) electrons. The normalized spacial score (nSPS) is 14.8. The molecule has 0 atom stereocenters. The highest BCUT2D eigenvalue weighted by molar-refractivity contribution is 6.03. The Hall–Kier alpha value is -3.83. The summed E-state index contributed by atoms with van der Waals surface area (Å²) in [6, 6.07) is 7.96. The van der Waals surface area contributed by atoms with E-state index >= 15 is 0 Å². The fourth-order valence-electron chi connectivity index (χ4n) is 4.24. The van der Waals surface area contributed by atoms with Crippen LogP contribution in [0.2, 0.25) is 0 Å². The number of benzene rings is 1. The minimum Gasteiger partial charge on any atom is -0.383 e. The molecule has 1 saturated carbocycles. The molecule has 0 saturated heterocycles. The number of hydrogen-bond acceptors (Lipinski definition) is 6. The molecule has 2 amide bonds. The zero-order valence-electron chi connectivity index (χ0n) is 19.9. The summed E-state index contributed by atoms with van der Waals surface area (Å²) >= 11 is 0. The van der Waals surface area contributed by atoms with Crippen molar-refractivity contribution in [1.29, 1.82) is 0 Å². The van der Waals surface area contributed by atoms with Gasteiger partial charge in [-0.15, -0.1) is 0 Å². The Kier molecular flexibility index (Phi) is 6.54. The number of primary amides is 1. The number of aromatic nitrogens is 3. The Morgan fingerprint density at radius 1 is 1.17 bits per heavy atom. The van der Waals surface area contributed by atoms with Crippen LogP contribution in [0, 0.1) is 0 Å². The van der Waals surface area contributed by atoms with Crippen molar-refractivity contribution in [2.75, 3.05) is 11.1 Å². The van der Waals surface area contributed by atoms with Crippen molar-refractivity contribution < 1.29 is 27.3 Å². The van der Waals surface area contributed by atoms with E-state index < -0.39 is 23.4 Å². The minimum atomic E-state index is -4.53. The van der Waals surface area contributed by atoms with Crippen LogP contribution < -0.4 is 16.8 Å². The summed E-state index contributed by atoms with van der Waals surface area (Å²) in [4.78, 5) is 24.5. The lowest BCUT2D eigenvalue weighted by molar-refractivity contribution is -0.181. The first-order valence-corrected chi connectivity index (χ1v) is 11.5. The molecule has 2 heterocycles. The van der Waals surface area contributed by atoms with Gasteiger partial charge in [-0.2, -0.15) is 18.3 Å². The number of carbonyl (C=O) groups is 2. The molecule has 1 aromatic carbocycles. The van der Waals surface area contributed by atoms with Crippen molar-refractivity contribution in [1.82, 2.24) is 14.9 Å². The molecule has 9 nitrogen and oxygen atoms in total. The lowest BCUT2D eigenvalue weighted by atomic mass is 9.89. The number of nitrogens with two attached hydrogens (primary N) is 2. The van der Waals surface area contributed by atoms with E-state index in [1.165, 1.54) is 0 Å². The Labute approximate surface area is 205 Å². The fourth-order valence-corrected chi connectivity index (χ4v) is 4.24. The number of amides is 2. The molecule has 1 aliphatic rings. The zero-order chi connectivity index (χ0) is 26.3. The van der Waals surface area contributed by atoms with Crippen LogP contribution in [0.15, 0.2) is 34.9 Å². The Morgan fingerprint density at radius 2 is 1.81 bits per heavy atom. The molecule has 0 bridgehead atoms. The second-order valence-electron chi connectivity index (χ2n) is 9.48. The fraction of sp³-hybridized carbons (Fsp3) is 0.417. The van der Waals surface area contributed by atoms with E-state index in [-0.39, 0.29) is 35.4 Å². The molecule has 12 heteroatoms. The molecule has 36 heavy (non-hydrogen) atoms. The molecule has 0 aliphatic heterocycles. The number of alkyl halides is 3. The van der Waals surface area contributed by atoms with Gasteiger partial charge in [-0.25, -0.2) is 4.68 Å². The zero-order valence-corrected chi connectivity index (χ0v) is 19.9. The van der Waals surface area contributed by atoms with Gasteiger partial charge >= 0.3 is 6.18 Å². The summed E-state index contributed by atoms with van der Waals surface area (Å²) in [5, 5.41) is 10.5. The van der Waals surface area contributed by atoms with Gasteiger partial charge in [0.2, 0.25) is 11.8 Å². The van der Waals surface area contributed by atoms with Crippen molar-refractivity contribution >= 4 is 23.5 Å². The van der Waals surface area contributed by atoms with E-state index in [0.29, 0.717) is 16.8 Å². The average Bonchev–Trinajstić information content (AvgIpc) is 3.53. The number of nitrogens with one attached hydrogen (secondary N) is 1.